The van der Waals surface area contributed by atoms with Gasteiger partial charge in [0.2, 0.25) is 0 Å². The van der Waals surface area contributed by atoms with Gasteiger partial charge in [-0.05, 0) is 53.3 Å². The molecular formula is C31H33NO5. The molecule has 1 atom stereocenters. The zero-order valence-corrected chi connectivity index (χ0v) is 21.9. The average Bonchev–Trinajstić information content (AvgIpc) is 3.13. The second-order valence-corrected chi connectivity index (χ2v) is 10.1. The second kappa shape index (κ2) is 10.5. The van der Waals surface area contributed by atoms with Crippen molar-refractivity contribution < 1.29 is 24.2 Å². The molecule has 1 aliphatic rings. The van der Waals surface area contributed by atoms with Gasteiger partial charge in [-0.3, -0.25) is 9.59 Å². The van der Waals surface area contributed by atoms with Gasteiger partial charge in [-0.15, -0.1) is 0 Å². The van der Waals surface area contributed by atoms with Gasteiger partial charge in [-0.25, -0.2) is 0 Å². The first kappa shape index (κ1) is 26.0. The number of rotatable bonds is 7. The Balaban J connectivity index is 1.83. The molecule has 6 nitrogen and oxygen atoms in total. The van der Waals surface area contributed by atoms with Crippen molar-refractivity contribution in [2.75, 3.05) is 13.7 Å². The Kier molecular flexibility index (Phi) is 7.39. The van der Waals surface area contributed by atoms with Gasteiger partial charge in [-0.1, -0.05) is 69.3 Å². The third-order valence-corrected chi connectivity index (χ3v) is 6.56. The van der Waals surface area contributed by atoms with Crippen LogP contribution in [0.15, 0.2) is 78.4 Å². The van der Waals surface area contributed by atoms with E-state index < -0.39 is 17.7 Å². The molecule has 1 fully saturated rings. The highest BCUT2D eigenvalue weighted by Gasteiger charge is 2.46. The molecule has 1 N–H and O–H groups in total. The van der Waals surface area contributed by atoms with Crippen molar-refractivity contribution in [1.29, 1.82) is 0 Å². The monoisotopic (exact) mass is 499 g/mol. The molecule has 1 saturated heterocycles. The molecule has 192 valence electrons. The first-order valence-corrected chi connectivity index (χ1v) is 12.4. The predicted octanol–water partition coefficient (Wildman–Crippen LogP) is 6.01. The number of aliphatic hydroxyl groups excluding tert-OH is 1. The van der Waals surface area contributed by atoms with Crippen molar-refractivity contribution in [2.24, 2.45) is 0 Å². The Morgan fingerprint density at radius 2 is 1.62 bits per heavy atom. The van der Waals surface area contributed by atoms with Crippen LogP contribution in [0.2, 0.25) is 0 Å². The van der Waals surface area contributed by atoms with Crippen molar-refractivity contribution in [2.45, 2.75) is 45.7 Å². The number of carbonyl (C=O) groups is 2. The lowest BCUT2D eigenvalue weighted by molar-refractivity contribution is -0.140. The lowest BCUT2D eigenvalue weighted by atomic mass is 9.85. The first-order valence-electron chi connectivity index (χ1n) is 12.4. The summed E-state index contributed by atoms with van der Waals surface area (Å²) in [5, 5.41) is 11.4. The number of aliphatic hydroxyl groups is 1. The smallest absolute Gasteiger partial charge is 0.295 e. The van der Waals surface area contributed by atoms with Gasteiger partial charge in [-0.2, -0.15) is 0 Å². The van der Waals surface area contributed by atoms with Crippen LogP contribution in [0.1, 0.15) is 56.0 Å². The van der Waals surface area contributed by atoms with Crippen LogP contribution in [0, 0.1) is 0 Å². The maximum absolute atomic E-state index is 13.4. The summed E-state index contributed by atoms with van der Waals surface area (Å²) in [6, 6.07) is 21.4. The third-order valence-electron chi connectivity index (χ3n) is 6.56. The zero-order valence-electron chi connectivity index (χ0n) is 21.9. The summed E-state index contributed by atoms with van der Waals surface area (Å²) in [6.07, 6.45) is 0. The molecule has 1 amide bonds. The number of carbonyl (C=O) groups excluding carboxylic acids is 2. The lowest BCUT2D eigenvalue weighted by Gasteiger charge is -2.26. The number of hydrogen-bond donors (Lipinski definition) is 1. The fraction of sp³-hybridized carbons (Fsp3) is 0.290. The Morgan fingerprint density at radius 3 is 2.22 bits per heavy atom. The van der Waals surface area contributed by atoms with Crippen molar-refractivity contribution in [3.63, 3.8) is 0 Å². The van der Waals surface area contributed by atoms with Crippen LogP contribution in [0.3, 0.4) is 0 Å². The van der Waals surface area contributed by atoms with Crippen molar-refractivity contribution >= 4 is 17.4 Å². The normalized spacial score (nSPS) is 17.2. The molecule has 3 aromatic carbocycles. The van der Waals surface area contributed by atoms with Gasteiger partial charge in [0.1, 0.15) is 17.3 Å². The molecule has 1 aliphatic heterocycles. The van der Waals surface area contributed by atoms with E-state index in [0.717, 1.165) is 16.7 Å². The molecule has 1 heterocycles. The number of ether oxygens (including phenoxy) is 2. The molecule has 0 radical (unpaired) electrons. The number of methoxy groups -OCH3 is 1. The number of nitrogens with zero attached hydrogens (tertiary/aromatic N) is 1. The average molecular weight is 500 g/mol. The highest BCUT2D eigenvalue weighted by Crippen LogP contribution is 2.41. The topological polar surface area (TPSA) is 76.1 Å². The summed E-state index contributed by atoms with van der Waals surface area (Å²) in [6.45, 7) is 8.93. The van der Waals surface area contributed by atoms with Crippen LogP contribution < -0.4 is 9.47 Å². The predicted molar refractivity (Wildman–Crippen MR) is 144 cm³/mol. The Hall–Kier alpha value is -4.06. The van der Waals surface area contributed by atoms with E-state index in [2.05, 4.69) is 20.8 Å². The summed E-state index contributed by atoms with van der Waals surface area (Å²) in [7, 11) is 1.59. The van der Waals surface area contributed by atoms with E-state index >= 15 is 0 Å². The summed E-state index contributed by atoms with van der Waals surface area (Å²) in [5.74, 6) is -0.303. The highest BCUT2D eigenvalue weighted by atomic mass is 16.5. The van der Waals surface area contributed by atoms with Crippen LogP contribution in [0.5, 0.6) is 11.5 Å². The van der Waals surface area contributed by atoms with E-state index in [0.29, 0.717) is 23.7 Å². The Labute approximate surface area is 218 Å². The number of benzene rings is 3. The van der Waals surface area contributed by atoms with Gasteiger partial charge < -0.3 is 19.5 Å². The van der Waals surface area contributed by atoms with E-state index in [4.69, 9.17) is 9.47 Å². The first-order chi connectivity index (χ1) is 17.6. The van der Waals surface area contributed by atoms with E-state index in [-0.39, 0.29) is 23.3 Å². The maximum Gasteiger partial charge on any atom is 0.295 e. The minimum Gasteiger partial charge on any atom is -0.507 e. The third kappa shape index (κ3) is 5.38. The number of hydrogen-bond acceptors (Lipinski definition) is 5. The quantitative estimate of drug-likeness (QED) is 0.245. The molecule has 6 heteroatoms. The van der Waals surface area contributed by atoms with E-state index in [9.17, 15) is 14.7 Å². The van der Waals surface area contributed by atoms with Crippen LogP contribution in [0.25, 0.3) is 5.76 Å². The maximum atomic E-state index is 13.4. The fourth-order valence-corrected chi connectivity index (χ4v) is 4.54. The Bertz CT molecular complexity index is 1320. The van der Waals surface area contributed by atoms with Crippen LogP contribution in [-0.2, 0) is 21.5 Å². The molecular weight excluding hydrogens is 466 g/mol. The number of likely N-dealkylation sites (tertiary alicyclic amines) is 1. The molecule has 0 aromatic heterocycles. The number of Topliss-reactive ketones (excluding diaryl/α,β-unsaturated/α-hetero) is 1. The summed E-state index contributed by atoms with van der Waals surface area (Å²) in [5.41, 5.74) is 3.16. The largest absolute Gasteiger partial charge is 0.507 e. The van der Waals surface area contributed by atoms with Crippen LogP contribution >= 0.6 is 0 Å². The molecule has 1 unspecified atom stereocenters. The van der Waals surface area contributed by atoms with Crippen LogP contribution in [-0.4, -0.2) is 35.4 Å². The van der Waals surface area contributed by atoms with Gasteiger partial charge in [0.15, 0.2) is 0 Å². The van der Waals surface area contributed by atoms with E-state index in [1.807, 2.05) is 55.5 Å². The second-order valence-electron chi connectivity index (χ2n) is 10.1. The zero-order chi connectivity index (χ0) is 26.7. The molecule has 0 aliphatic carbocycles. The molecule has 0 saturated carbocycles. The minimum absolute atomic E-state index is 0.0524. The molecule has 0 spiro atoms. The lowest BCUT2D eigenvalue weighted by Crippen LogP contribution is -2.29. The van der Waals surface area contributed by atoms with Gasteiger partial charge in [0.25, 0.3) is 11.7 Å². The number of amides is 1. The number of ketones is 1. The van der Waals surface area contributed by atoms with E-state index in [1.54, 1.807) is 31.4 Å². The summed E-state index contributed by atoms with van der Waals surface area (Å²) in [4.78, 5) is 28.2. The molecule has 37 heavy (non-hydrogen) atoms. The van der Waals surface area contributed by atoms with Crippen LogP contribution in [0.4, 0.5) is 0 Å². The summed E-state index contributed by atoms with van der Waals surface area (Å²) >= 11 is 0. The fourth-order valence-electron chi connectivity index (χ4n) is 4.54. The molecule has 4 rings (SSSR count). The SMILES string of the molecule is CCOc1cccc(/C(O)=C2/C(=O)C(=O)N(Cc3ccc(OC)cc3)C2c2ccc(C(C)(C)C)cc2)c1. The van der Waals surface area contributed by atoms with Gasteiger partial charge in [0, 0.05) is 12.1 Å². The van der Waals surface area contributed by atoms with E-state index in [1.165, 1.54) is 4.90 Å². The van der Waals surface area contributed by atoms with Gasteiger partial charge >= 0.3 is 0 Å². The van der Waals surface area contributed by atoms with Crippen molar-refractivity contribution in [1.82, 2.24) is 4.90 Å². The van der Waals surface area contributed by atoms with Gasteiger partial charge in [0.05, 0.1) is 25.3 Å². The molecule has 3 aromatic rings. The Morgan fingerprint density at radius 1 is 0.946 bits per heavy atom. The minimum atomic E-state index is -0.744. The highest BCUT2D eigenvalue weighted by molar-refractivity contribution is 6.46. The van der Waals surface area contributed by atoms with Crippen molar-refractivity contribution in [3.05, 3.63) is 101 Å². The molecule has 0 bridgehead atoms. The standard InChI is InChI=1S/C31H33NO5/c1-6-37-25-9-7-8-22(18-25)28(33)26-27(21-12-14-23(15-13-21)31(2,3)4)32(30(35)29(26)34)19-20-10-16-24(36-5)17-11-20/h7-18,27,33H,6,19H2,1-5H3/b28-26-. The van der Waals surface area contributed by atoms with Crippen molar-refractivity contribution in [3.8, 4) is 11.5 Å². The summed E-state index contributed by atoms with van der Waals surface area (Å²) < 4.78 is 10.8.